The van der Waals surface area contributed by atoms with Gasteiger partial charge in [-0.15, -0.1) is 0 Å². The number of aromatic nitrogens is 1. The highest BCUT2D eigenvalue weighted by atomic mass is 15.3. The molecule has 0 saturated heterocycles. The molecular weight excluding hydrogens is 703 g/mol. The first-order valence-electron chi connectivity index (χ1n) is 21.3. The predicted molar refractivity (Wildman–Crippen MR) is 249 cm³/mol. The van der Waals surface area contributed by atoms with Gasteiger partial charge in [-0.2, -0.15) is 0 Å². The van der Waals surface area contributed by atoms with Crippen LogP contribution in [0.3, 0.4) is 0 Å². The number of nitrogens with zero attached hydrogens (tertiary/aromatic N) is 3. The van der Waals surface area contributed by atoms with Crippen LogP contribution >= 0.6 is 0 Å². The number of allylic oxidation sites excluding steroid dienone is 4. The van der Waals surface area contributed by atoms with E-state index in [1.165, 1.54) is 77.7 Å². The molecule has 1 aromatic heterocycles. The lowest BCUT2D eigenvalue weighted by Gasteiger charge is -2.30. The minimum atomic E-state index is 0.147. The molecule has 0 radical (unpaired) electrons. The van der Waals surface area contributed by atoms with Gasteiger partial charge in [0.1, 0.15) is 0 Å². The molecule has 0 N–H and O–H groups in total. The molecule has 3 heteroatoms. The zero-order valence-corrected chi connectivity index (χ0v) is 33.6. The number of rotatable bonds is 9. The minimum Gasteiger partial charge on any atom is -0.364 e. The van der Waals surface area contributed by atoms with Crippen LogP contribution in [0, 0.1) is 5.92 Å². The molecule has 5 atom stereocenters. The predicted octanol–water partition coefficient (Wildman–Crippen LogP) is 13.2. The monoisotopic (exact) mass is 751 g/mol. The van der Waals surface area contributed by atoms with Crippen molar-refractivity contribution in [1.82, 2.24) is 4.57 Å². The molecule has 5 aromatic carbocycles. The highest BCUT2D eigenvalue weighted by Gasteiger charge is 2.70. The molecule has 1 saturated carbocycles. The molecule has 58 heavy (non-hydrogen) atoms. The van der Waals surface area contributed by atoms with Crippen molar-refractivity contribution in [2.75, 3.05) is 22.9 Å². The van der Waals surface area contributed by atoms with Gasteiger partial charge in [-0.25, -0.2) is 0 Å². The quantitative estimate of drug-likeness (QED) is 0.136. The Labute approximate surface area is 342 Å². The molecule has 3 nitrogen and oxygen atoms in total. The Bertz CT molecular complexity index is 2850. The summed E-state index contributed by atoms with van der Waals surface area (Å²) in [6.45, 7) is 9.76. The molecule has 3 heterocycles. The third-order valence-electron chi connectivity index (χ3n) is 13.6. The fourth-order valence-electron chi connectivity index (χ4n) is 11.0. The summed E-state index contributed by atoms with van der Waals surface area (Å²) in [4.78, 5) is 5.16. The van der Waals surface area contributed by atoms with Gasteiger partial charge in [-0.3, -0.25) is 0 Å². The van der Waals surface area contributed by atoms with Crippen LogP contribution in [0.25, 0.3) is 58.3 Å². The first kappa shape index (κ1) is 34.9. The van der Waals surface area contributed by atoms with Crippen LogP contribution in [-0.2, 0) is 6.54 Å². The van der Waals surface area contributed by atoms with Gasteiger partial charge in [-0.1, -0.05) is 121 Å². The number of fused-ring (bicyclic) bond motifs is 9. The molecule has 11 rings (SSSR count). The van der Waals surface area contributed by atoms with Crippen LogP contribution in [0.2, 0.25) is 0 Å². The summed E-state index contributed by atoms with van der Waals surface area (Å²) < 4.78 is 2.42. The van der Waals surface area contributed by atoms with E-state index >= 15 is 0 Å². The number of likely N-dealkylation sites (N-methyl/N-ethyl adjacent to an activating group) is 2. The third-order valence-corrected chi connectivity index (χ3v) is 13.6. The van der Waals surface area contributed by atoms with E-state index in [0.29, 0.717) is 23.8 Å². The van der Waals surface area contributed by atoms with E-state index in [-0.39, 0.29) is 5.54 Å². The molecule has 0 amide bonds. The number of anilines is 2. The van der Waals surface area contributed by atoms with E-state index in [4.69, 9.17) is 0 Å². The van der Waals surface area contributed by atoms with Crippen LogP contribution in [-0.4, -0.2) is 29.2 Å². The molecule has 3 aliphatic carbocycles. The van der Waals surface area contributed by atoms with Crippen LogP contribution < -0.4 is 9.80 Å². The third kappa shape index (κ3) is 5.40. The Balaban J connectivity index is 0.935. The van der Waals surface area contributed by atoms with E-state index in [2.05, 4.69) is 217 Å². The van der Waals surface area contributed by atoms with Crippen molar-refractivity contribution in [3.05, 3.63) is 190 Å². The highest BCUT2D eigenvalue weighted by molar-refractivity contribution is 6.08. The first-order valence-corrected chi connectivity index (χ1v) is 21.3. The van der Waals surface area contributed by atoms with Gasteiger partial charge < -0.3 is 14.4 Å². The number of para-hydroxylation sites is 1. The second-order valence-electron chi connectivity index (χ2n) is 16.6. The SMILES string of the molecule is CCN1c2ccc(/C=C/c3cc(/C=C/c4ccc5c(c4)C4C6C=CC=CC64N5CC)cc(/C=C/c4ccc5c(c4)c4ccccc4n5CC)c3)cc2C2C=CC=CC21. The Morgan fingerprint density at radius 3 is 1.86 bits per heavy atom. The van der Waals surface area contributed by atoms with Crippen LogP contribution in [0.5, 0.6) is 0 Å². The van der Waals surface area contributed by atoms with Crippen molar-refractivity contribution in [2.24, 2.45) is 5.92 Å². The maximum Gasteiger partial charge on any atom is 0.0732 e. The van der Waals surface area contributed by atoms with Gasteiger partial charge in [-0.05, 0) is 126 Å². The molecule has 0 bridgehead atoms. The normalized spacial score (nSPS) is 23.5. The van der Waals surface area contributed by atoms with E-state index < -0.39 is 0 Å². The summed E-state index contributed by atoms with van der Waals surface area (Å²) >= 11 is 0. The highest BCUT2D eigenvalue weighted by Crippen LogP contribution is 2.70. The Morgan fingerprint density at radius 1 is 0.517 bits per heavy atom. The molecule has 1 spiro atoms. The summed E-state index contributed by atoms with van der Waals surface area (Å²) in [6, 6.07) is 37.1. The maximum absolute atomic E-state index is 2.63. The average Bonchev–Trinajstić information content (AvgIpc) is 3.52. The van der Waals surface area contributed by atoms with Gasteiger partial charge in [0, 0.05) is 70.6 Å². The van der Waals surface area contributed by atoms with Gasteiger partial charge in [0.15, 0.2) is 0 Å². The minimum absolute atomic E-state index is 0.147. The largest absolute Gasteiger partial charge is 0.364 e. The van der Waals surface area contributed by atoms with Gasteiger partial charge in [0.25, 0.3) is 0 Å². The van der Waals surface area contributed by atoms with Crippen molar-refractivity contribution in [3.8, 4) is 0 Å². The number of hydrogen-bond acceptors (Lipinski definition) is 2. The van der Waals surface area contributed by atoms with E-state index in [0.717, 1.165) is 19.6 Å². The fourth-order valence-corrected chi connectivity index (χ4v) is 11.0. The van der Waals surface area contributed by atoms with Crippen molar-refractivity contribution in [3.63, 3.8) is 0 Å². The Morgan fingerprint density at radius 2 is 1.14 bits per heavy atom. The number of benzene rings is 5. The summed E-state index contributed by atoms with van der Waals surface area (Å²) in [5, 5.41) is 2.62. The maximum atomic E-state index is 2.63. The summed E-state index contributed by atoms with van der Waals surface area (Å²) in [6.07, 6.45) is 32.2. The average molecular weight is 752 g/mol. The molecule has 5 unspecified atom stereocenters. The second kappa shape index (κ2) is 13.7. The van der Waals surface area contributed by atoms with Crippen molar-refractivity contribution in [1.29, 1.82) is 0 Å². The zero-order valence-electron chi connectivity index (χ0n) is 33.6. The van der Waals surface area contributed by atoms with E-state index in [1.807, 2.05) is 0 Å². The van der Waals surface area contributed by atoms with Crippen LogP contribution in [0.4, 0.5) is 11.4 Å². The molecule has 1 fully saturated rings. The van der Waals surface area contributed by atoms with Crippen molar-refractivity contribution < 1.29 is 0 Å². The number of hydrogen-bond donors (Lipinski definition) is 0. The second-order valence-corrected chi connectivity index (χ2v) is 16.6. The van der Waals surface area contributed by atoms with Gasteiger partial charge in [0.05, 0.1) is 11.6 Å². The van der Waals surface area contributed by atoms with Gasteiger partial charge >= 0.3 is 0 Å². The lowest BCUT2D eigenvalue weighted by Crippen LogP contribution is -2.36. The van der Waals surface area contributed by atoms with Crippen LogP contribution in [0.1, 0.15) is 77.1 Å². The van der Waals surface area contributed by atoms with Gasteiger partial charge in [0.2, 0.25) is 0 Å². The molecule has 5 aliphatic rings. The van der Waals surface area contributed by atoms with Crippen LogP contribution in [0.15, 0.2) is 146 Å². The fraction of sp³-hybridized carbons (Fsp3) is 0.200. The topological polar surface area (TPSA) is 11.4 Å². The van der Waals surface area contributed by atoms with E-state index in [9.17, 15) is 0 Å². The standard InChI is InChI=1S/C55H49N3/c1-4-56-49-16-9-7-13-43(49)45-34-37(24-27-51(45)56)18-21-40-31-41(22-19-38-25-28-52-46(35-38)44-14-8-10-17-50(44)57(52)5-2)33-42(32-40)23-20-39-26-29-53-47(36-39)54-48-15-11-12-30-55(48,54)58(53)6-3/h7-36,43,48-49,54H,4-6H2,1-3H3/b21-18+,22-19+,23-20+. The first-order chi connectivity index (χ1) is 28.6. The smallest absolute Gasteiger partial charge is 0.0732 e. The van der Waals surface area contributed by atoms with Crippen molar-refractivity contribution in [2.45, 2.75) is 50.7 Å². The lowest BCUT2D eigenvalue weighted by molar-refractivity contribution is 0.683. The number of aryl methyl sites for hydroxylation is 1. The Hall–Kier alpha value is -6.32. The molecule has 6 aromatic rings. The zero-order chi connectivity index (χ0) is 39.0. The van der Waals surface area contributed by atoms with Crippen molar-refractivity contribution >= 4 is 69.6 Å². The summed E-state index contributed by atoms with van der Waals surface area (Å²) in [5.41, 5.74) is 15.7. The summed E-state index contributed by atoms with van der Waals surface area (Å²) in [7, 11) is 0. The molecule has 284 valence electrons. The Kier molecular flexibility index (Phi) is 8.22. The van der Waals surface area contributed by atoms with E-state index in [1.54, 1.807) is 0 Å². The summed E-state index contributed by atoms with van der Waals surface area (Å²) in [5.74, 6) is 1.54. The lowest BCUT2D eigenvalue weighted by atomic mass is 9.90. The molecular formula is C55H49N3. The molecule has 2 aliphatic heterocycles.